The number of benzene rings is 1. The summed E-state index contributed by atoms with van der Waals surface area (Å²) in [6, 6.07) is 2.64. The zero-order valence-electron chi connectivity index (χ0n) is 8.55. The summed E-state index contributed by atoms with van der Waals surface area (Å²) in [6.45, 7) is 2.21. The van der Waals surface area contributed by atoms with Gasteiger partial charge in [-0.25, -0.2) is 13.6 Å². The summed E-state index contributed by atoms with van der Waals surface area (Å²) < 4.78 is 25.8. The number of carbonyl (C=O) groups is 1. The quantitative estimate of drug-likeness (QED) is 0.803. The molecule has 2 amide bonds. The summed E-state index contributed by atoms with van der Waals surface area (Å²) in [7, 11) is 1.42. The highest BCUT2D eigenvalue weighted by Crippen LogP contribution is 2.18. The van der Waals surface area contributed by atoms with Crippen LogP contribution < -0.4 is 10.2 Å². The van der Waals surface area contributed by atoms with Crippen LogP contribution in [0, 0.1) is 11.6 Å². The third-order valence-corrected chi connectivity index (χ3v) is 1.90. The van der Waals surface area contributed by atoms with Crippen LogP contribution in [0.2, 0.25) is 0 Å². The Kier molecular flexibility index (Phi) is 3.60. The van der Waals surface area contributed by atoms with Crippen molar-refractivity contribution in [3.63, 3.8) is 0 Å². The molecule has 0 heterocycles. The first-order valence-electron chi connectivity index (χ1n) is 4.53. The van der Waals surface area contributed by atoms with Crippen LogP contribution in [0.1, 0.15) is 6.92 Å². The molecule has 0 aliphatic rings. The first-order chi connectivity index (χ1) is 7.06. The van der Waals surface area contributed by atoms with Gasteiger partial charge in [-0.05, 0) is 19.1 Å². The van der Waals surface area contributed by atoms with E-state index in [0.29, 0.717) is 6.54 Å². The summed E-state index contributed by atoms with van der Waals surface area (Å²) in [5.74, 6) is -1.43. The van der Waals surface area contributed by atoms with Gasteiger partial charge in [0, 0.05) is 19.7 Å². The van der Waals surface area contributed by atoms with Gasteiger partial charge in [-0.15, -0.1) is 0 Å². The molecule has 0 unspecified atom stereocenters. The molecule has 0 radical (unpaired) electrons. The van der Waals surface area contributed by atoms with Crippen LogP contribution >= 0.6 is 0 Å². The van der Waals surface area contributed by atoms with Crippen molar-refractivity contribution in [2.45, 2.75) is 6.92 Å². The van der Waals surface area contributed by atoms with Crippen LogP contribution in [0.3, 0.4) is 0 Å². The molecule has 0 bridgehead atoms. The Bertz CT molecular complexity index is 368. The Morgan fingerprint density at radius 3 is 2.67 bits per heavy atom. The summed E-state index contributed by atoms with van der Waals surface area (Å²) >= 11 is 0. The van der Waals surface area contributed by atoms with E-state index in [4.69, 9.17) is 0 Å². The molecule has 3 nitrogen and oxygen atoms in total. The fourth-order valence-corrected chi connectivity index (χ4v) is 1.13. The van der Waals surface area contributed by atoms with Crippen molar-refractivity contribution in [3.8, 4) is 0 Å². The van der Waals surface area contributed by atoms with E-state index < -0.39 is 17.7 Å². The third kappa shape index (κ3) is 2.65. The summed E-state index contributed by atoms with van der Waals surface area (Å²) in [5, 5.41) is 2.51. The predicted octanol–water partition coefficient (Wildman–Crippen LogP) is 2.13. The monoisotopic (exact) mass is 214 g/mol. The average Bonchev–Trinajstić information content (AvgIpc) is 2.17. The van der Waals surface area contributed by atoms with Crippen molar-refractivity contribution in [1.82, 2.24) is 5.32 Å². The lowest BCUT2D eigenvalue weighted by molar-refractivity contribution is 0.248. The van der Waals surface area contributed by atoms with Crippen molar-refractivity contribution < 1.29 is 13.6 Å². The molecular weight excluding hydrogens is 202 g/mol. The normalized spacial score (nSPS) is 9.87. The lowest BCUT2D eigenvalue weighted by atomic mass is 10.3. The Hall–Kier alpha value is -1.65. The van der Waals surface area contributed by atoms with E-state index in [1.165, 1.54) is 13.1 Å². The molecule has 0 saturated carbocycles. The van der Waals surface area contributed by atoms with Gasteiger partial charge in [-0.3, -0.25) is 4.90 Å². The first-order valence-corrected chi connectivity index (χ1v) is 4.53. The van der Waals surface area contributed by atoms with Gasteiger partial charge in [0.25, 0.3) is 0 Å². The molecule has 1 rings (SSSR count). The minimum Gasteiger partial charge on any atom is -0.338 e. The second kappa shape index (κ2) is 4.72. The third-order valence-electron chi connectivity index (χ3n) is 1.90. The zero-order valence-corrected chi connectivity index (χ0v) is 8.55. The number of rotatable bonds is 2. The average molecular weight is 214 g/mol. The van der Waals surface area contributed by atoms with E-state index in [1.807, 2.05) is 0 Å². The van der Waals surface area contributed by atoms with Crippen molar-refractivity contribution in [2.75, 3.05) is 18.5 Å². The maximum Gasteiger partial charge on any atom is 0.321 e. The number of hydrogen-bond donors (Lipinski definition) is 1. The standard InChI is InChI=1S/C10H12F2N2O/c1-3-13-10(15)14(2)9-5-4-7(11)6-8(9)12/h4-6H,3H2,1-2H3,(H,13,15). The molecule has 0 aliphatic carbocycles. The van der Waals surface area contributed by atoms with Gasteiger partial charge in [0.15, 0.2) is 0 Å². The van der Waals surface area contributed by atoms with Crippen LogP contribution in [-0.4, -0.2) is 19.6 Å². The molecule has 1 aromatic rings. The summed E-state index contributed by atoms with van der Waals surface area (Å²) in [4.78, 5) is 12.4. The van der Waals surface area contributed by atoms with Crippen molar-refractivity contribution in [3.05, 3.63) is 29.8 Å². The SMILES string of the molecule is CCNC(=O)N(C)c1ccc(F)cc1F. The fourth-order valence-electron chi connectivity index (χ4n) is 1.13. The van der Waals surface area contributed by atoms with E-state index >= 15 is 0 Å². The maximum absolute atomic E-state index is 13.2. The molecule has 82 valence electrons. The lowest BCUT2D eigenvalue weighted by Crippen LogP contribution is -2.37. The van der Waals surface area contributed by atoms with Gasteiger partial charge >= 0.3 is 6.03 Å². The number of urea groups is 1. The molecule has 1 N–H and O–H groups in total. The zero-order chi connectivity index (χ0) is 11.4. The van der Waals surface area contributed by atoms with Crippen LogP contribution in [0.4, 0.5) is 19.3 Å². The number of amides is 2. The van der Waals surface area contributed by atoms with Crippen molar-refractivity contribution >= 4 is 11.7 Å². The first kappa shape index (κ1) is 11.4. The highest BCUT2D eigenvalue weighted by Gasteiger charge is 2.14. The molecule has 0 aliphatic heterocycles. The lowest BCUT2D eigenvalue weighted by Gasteiger charge is -2.17. The van der Waals surface area contributed by atoms with Crippen LogP contribution in [0.25, 0.3) is 0 Å². The molecule has 1 aromatic carbocycles. The maximum atomic E-state index is 13.2. The minimum atomic E-state index is -0.760. The number of nitrogens with zero attached hydrogens (tertiary/aromatic N) is 1. The largest absolute Gasteiger partial charge is 0.338 e. The Morgan fingerprint density at radius 2 is 2.13 bits per heavy atom. The highest BCUT2D eigenvalue weighted by molar-refractivity contribution is 5.91. The summed E-state index contributed by atoms with van der Waals surface area (Å²) in [5.41, 5.74) is 0.0438. The van der Waals surface area contributed by atoms with E-state index in [9.17, 15) is 13.6 Å². The Labute approximate surface area is 86.7 Å². The summed E-state index contributed by atoms with van der Waals surface area (Å²) in [6.07, 6.45) is 0. The molecule has 0 spiro atoms. The van der Waals surface area contributed by atoms with Gasteiger partial charge in [-0.1, -0.05) is 0 Å². The molecule has 0 atom stereocenters. The molecule has 15 heavy (non-hydrogen) atoms. The second-order valence-electron chi connectivity index (χ2n) is 2.99. The number of hydrogen-bond acceptors (Lipinski definition) is 1. The highest BCUT2D eigenvalue weighted by atomic mass is 19.1. The number of halogens is 2. The Balaban J connectivity index is 2.91. The van der Waals surface area contributed by atoms with Gasteiger partial charge in [-0.2, -0.15) is 0 Å². The van der Waals surface area contributed by atoms with E-state index in [1.54, 1.807) is 6.92 Å². The van der Waals surface area contributed by atoms with Crippen molar-refractivity contribution in [2.24, 2.45) is 0 Å². The molecule has 5 heteroatoms. The molecular formula is C10H12F2N2O. The van der Waals surface area contributed by atoms with E-state index in [2.05, 4.69) is 5.32 Å². The van der Waals surface area contributed by atoms with Gasteiger partial charge in [0.05, 0.1) is 5.69 Å². The van der Waals surface area contributed by atoms with Crippen molar-refractivity contribution in [1.29, 1.82) is 0 Å². The van der Waals surface area contributed by atoms with Gasteiger partial charge in [0.1, 0.15) is 11.6 Å². The smallest absolute Gasteiger partial charge is 0.321 e. The van der Waals surface area contributed by atoms with Gasteiger partial charge < -0.3 is 5.32 Å². The minimum absolute atomic E-state index is 0.0438. The van der Waals surface area contributed by atoms with E-state index in [-0.39, 0.29) is 5.69 Å². The second-order valence-corrected chi connectivity index (χ2v) is 2.99. The molecule has 0 saturated heterocycles. The Morgan fingerprint density at radius 1 is 1.47 bits per heavy atom. The van der Waals surface area contributed by atoms with Crippen LogP contribution in [0.15, 0.2) is 18.2 Å². The van der Waals surface area contributed by atoms with E-state index in [0.717, 1.165) is 17.0 Å². The number of anilines is 1. The predicted molar refractivity (Wildman–Crippen MR) is 53.8 cm³/mol. The topological polar surface area (TPSA) is 32.3 Å². The number of carbonyl (C=O) groups excluding carboxylic acids is 1. The molecule has 0 aromatic heterocycles. The van der Waals surface area contributed by atoms with Crippen LogP contribution in [0.5, 0.6) is 0 Å². The molecule has 0 fully saturated rings. The van der Waals surface area contributed by atoms with Gasteiger partial charge in [0.2, 0.25) is 0 Å². The number of nitrogens with one attached hydrogen (secondary N) is 1. The van der Waals surface area contributed by atoms with Crippen LogP contribution in [-0.2, 0) is 0 Å². The fraction of sp³-hybridized carbons (Fsp3) is 0.300.